The number of halogens is 5. The Bertz CT molecular complexity index is 392. The Morgan fingerprint density at radius 2 is 1.83 bits per heavy atom. The van der Waals surface area contributed by atoms with Gasteiger partial charge in [-0.2, -0.15) is 13.2 Å². The second kappa shape index (κ2) is 6.10. The minimum Gasteiger partial charge on any atom is -0.390 e. The summed E-state index contributed by atoms with van der Waals surface area (Å²) in [6, 6.07) is 3.00. The molecular weight excluding hydrogens is 259 g/mol. The third-order valence-corrected chi connectivity index (χ3v) is 2.03. The van der Waals surface area contributed by atoms with Gasteiger partial charge < -0.3 is 9.84 Å². The van der Waals surface area contributed by atoms with Crippen LogP contribution in [-0.2, 0) is 11.2 Å². The second-order valence-corrected chi connectivity index (χ2v) is 3.74. The largest absolute Gasteiger partial charge is 0.411 e. The van der Waals surface area contributed by atoms with Gasteiger partial charge in [0, 0.05) is 6.42 Å². The highest BCUT2D eigenvalue weighted by atomic mass is 19.4. The molecule has 0 heterocycles. The zero-order valence-corrected chi connectivity index (χ0v) is 9.18. The van der Waals surface area contributed by atoms with Crippen LogP contribution in [0.25, 0.3) is 0 Å². The van der Waals surface area contributed by atoms with Crippen molar-refractivity contribution in [1.82, 2.24) is 0 Å². The van der Waals surface area contributed by atoms with Gasteiger partial charge in [0.05, 0.1) is 12.7 Å². The lowest BCUT2D eigenvalue weighted by atomic mass is 10.1. The Morgan fingerprint density at radius 3 is 2.39 bits per heavy atom. The van der Waals surface area contributed by atoms with E-state index in [1.807, 2.05) is 0 Å². The molecule has 0 aliphatic carbocycles. The summed E-state index contributed by atoms with van der Waals surface area (Å²) in [6.45, 7) is -1.99. The van der Waals surface area contributed by atoms with Crippen molar-refractivity contribution in [3.63, 3.8) is 0 Å². The monoisotopic (exact) mass is 270 g/mol. The lowest BCUT2D eigenvalue weighted by molar-refractivity contribution is -0.179. The van der Waals surface area contributed by atoms with Gasteiger partial charge in [-0.05, 0) is 17.7 Å². The Morgan fingerprint density at radius 1 is 1.17 bits per heavy atom. The van der Waals surface area contributed by atoms with Crippen LogP contribution < -0.4 is 0 Å². The maximum Gasteiger partial charge on any atom is 0.411 e. The van der Waals surface area contributed by atoms with Crippen LogP contribution in [-0.4, -0.2) is 30.6 Å². The first-order chi connectivity index (χ1) is 8.28. The highest BCUT2D eigenvalue weighted by Gasteiger charge is 2.27. The molecule has 102 valence electrons. The number of aliphatic hydroxyl groups is 1. The van der Waals surface area contributed by atoms with Crippen LogP contribution in [0.3, 0.4) is 0 Å². The predicted molar refractivity (Wildman–Crippen MR) is 52.9 cm³/mol. The van der Waals surface area contributed by atoms with Gasteiger partial charge in [0.15, 0.2) is 11.6 Å². The van der Waals surface area contributed by atoms with E-state index >= 15 is 0 Å². The van der Waals surface area contributed by atoms with E-state index in [4.69, 9.17) is 0 Å². The van der Waals surface area contributed by atoms with Crippen LogP contribution in [0.4, 0.5) is 22.0 Å². The van der Waals surface area contributed by atoms with Crippen LogP contribution in [0.2, 0.25) is 0 Å². The van der Waals surface area contributed by atoms with E-state index in [-0.39, 0.29) is 12.0 Å². The maximum absolute atomic E-state index is 12.8. The van der Waals surface area contributed by atoms with E-state index in [1.54, 1.807) is 0 Å². The number of aliphatic hydroxyl groups excluding tert-OH is 1. The fraction of sp³-hybridized carbons (Fsp3) is 0.455. The van der Waals surface area contributed by atoms with E-state index < -0.39 is 37.1 Å². The smallest absolute Gasteiger partial charge is 0.390 e. The SMILES string of the molecule is OC(COCC(F)(F)F)Cc1ccc(F)c(F)c1. The molecule has 1 aromatic rings. The molecule has 0 fully saturated rings. The molecule has 7 heteroatoms. The van der Waals surface area contributed by atoms with Crippen molar-refractivity contribution in [3.05, 3.63) is 35.4 Å². The quantitative estimate of drug-likeness (QED) is 0.833. The van der Waals surface area contributed by atoms with Gasteiger partial charge in [-0.3, -0.25) is 0 Å². The summed E-state index contributed by atoms with van der Waals surface area (Å²) in [5.74, 6) is -2.10. The molecule has 0 aliphatic heterocycles. The molecule has 0 saturated carbocycles. The molecule has 18 heavy (non-hydrogen) atoms. The molecule has 0 amide bonds. The molecule has 1 atom stereocenters. The average Bonchev–Trinajstić information content (AvgIpc) is 2.21. The Balaban J connectivity index is 2.40. The van der Waals surface area contributed by atoms with Crippen LogP contribution in [0.1, 0.15) is 5.56 Å². The molecule has 1 rings (SSSR count). The van der Waals surface area contributed by atoms with Crippen molar-refractivity contribution in [3.8, 4) is 0 Å². The lowest BCUT2D eigenvalue weighted by Gasteiger charge is -2.12. The zero-order chi connectivity index (χ0) is 13.8. The van der Waals surface area contributed by atoms with Gasteiger partial charge >= 0.3 is 6.18 Å². The van der Waals surface area contributed by atoms with Crippen molar-refractivity contribution in [2.45, 2.75) is 18.7 Å². The Labute approximate surface area is 100.0 Å². The van der Waals surface area contributed by atoms with Crippen LogP contribution >= 0.6 is 0 Å². The van der Waals surface area contributed by atoms with Crippen LogP contribution in [0.15, 0.2) is 18.2 Å². The van der Waals surface area contributed by atoms with Crippen molar-refractivity contribution in [2.75, 3.05) is 13.2 Å². The molecule has 0 aromatic heterocycles. The summed E-state index contributed by atoms with van der Waals surface area (Å²) in [6.07, 6.45) is -5.78. The van der Waals surface area contributed by atoms with E-state index in [0.717, 1.165) is 12.1 Å². The standard InChI is InChI=1S/C11H11F5O2/c12-9-2-1-7(4-10(9)13)3-8(17)5-18-6-11(14,15)16/h1-2,4,8,17H,3,5-6H2. The van der Waals surface area contributed by atoms with E-state index in [2.05, 4.69) is 4.74 Å². The number of alkyl halides is 3. The van der Waals surface area contributed by atoms with Gasteiger partial charge in [-0.1, -0.05) is 6.07 Å². The zero-order valence-electron chi connectivity index (χ0n) is 9.18. The summed E-state index contributed by atoms with van der Waals surface area (Å²) in [5.41, 5.74) is 0.275. The predicted octanol–water partition coefficient (Wildman–Crippen LogP) is 2.45. The van der Waals surface area contributed by atoms with Crippen molar-refractivity contribution in [2.24, 2.45) is 0 Å². The first-order valence-electron chi connectivity index (χ1n) is 5.04. The van der Waals surface area contributed by atoms with Crippen LogP contribution in [0.5, 0.6) is 0 Å². The van der Waals surface area contributed by atoms with Gasteiger partial charge in [-0.15, -0.1) is 0 Å². The van der Waals surface area contributed by atoms with Gasteiger partial charge in [-0.25, -0.2) is 8.78 Å². The molecular formula is C11H11F5O2. The number of benzene rings is 1. The number of rotatable bonds is 5. The summed E-state index contributed by atoms with van der Waals surface area (Å²) in [5, 5.41) is 9.35. The third kappa shape index (κ3) is 5.42. The highest BCUT2D eigenvalue weighted by Crippen LogP contribution is 2.15. The first kappa shape index (κ1) is 14.8. The first-order valence-corrected chi connectivity index (χ1v) is 5.04. The molecule has 0 bridgehead atoms. The highest BCUT2D eigenvalue weighted by molar-refractivity contribution is 5.18. The summed E-state index contributed by atoms with van der Waals surface area (Å²) < 4.78 is 64.8. The fourth-order valence-electron chi connectivity index (χ4n) is 1.31. The minimum absolute atomic E-state index is 0.116. The molecule has 1 aromatic carbocycles. The summed E-state index contributed by atoms with van der Waals surface area (Å²) >= 11 is 0. The molecule has 1 unspecified atom stereocenters. The number of hydrogen-bond donors (Lipinski definition) is 1. The molecule has 0 saturated heterocycles. The molecule has 0 spiro atoms. The van der Waals surface area contributed by atoms with Crippen molar-refractivity contribution >= 4 is 0 Å². The van der Waals surface area contributed by atoms with Crippen molar-refractivity contribution in [1.29, 1.82) is 0 Å². The third-order valence-electron chi connectivity index (χ3n) is 2.03. The lowest BCUT2D eigenvalue weighted by Crippen LogP contribution is -2.24. The Kier molecular flexibility index (Phi) is 5.03. The summed E-state index contributed by atoms with van der Waals surface area (Å²) in [7, 11) is 0. The van der Waals surface area contributed by atoms with Gasteiger partial charge in [0.1, 0.15) is 6.61 Å². The van der Waals surface area contributed by atoms with Gasteiger partial charge in [0.25, 0.3) is 0 Å². The van der Waals surface area contributed by atoms with E-state index in [1.165, 1.54) is 6.07 Å². The van der Waals surface area contributed by atoms with Crippen molar-refractivity contribution < 1.29 is 31.8 Å². The number of hydrogen-bond acceptors (Lipinski definition) is 2. The average molecular weight is 270 g/mol. The van der Waals surface area contributed by atoms with E-state index in [0.29, 0.717) is 0 Å². The normalized spacial score (nSPS) is 13.7. The van der Waals surface area contributed by atoms with E-state index in [9.17, 15) is 27.1 Å². The molecule has 2 nitrogen and oxygen atoms in total. The molecule has 1 N–H and O–H groups in total. The summed E-state index contributed by atoms with van der Waals surface area (Å²) in [4.78, 5) is 0. The topological polar surface area (TPSA) is 29.5 Å². The minimum atomic E-state index is -4.46. The molecule has 0 radical (unpaired) electrons. The number of ether oxygens (including phenoxy) is 1. The second-order valence-electron chi connectivity index (χ2n) is 3.74. The van der Waals surface area contributed by atoms with Crippen LogP contribution in [0, 0.1) is 11.6 Å². The van der Waals surface area contributed by atoms with Gasteiger partial charge in [0.2, 0.25) is 0 Å². The fourth-order valence-corrected chi connectivity index (χ4v) is 1.31. The maximum atomic E-state index is 12.8. The molecule has 0 aliphatic rings. The Hall–Kier alpha value is -1.21.